The second-order valence-corrected chi connectivity index (χ2v) is 27.3. The van der Waals surface area contributed by atoms with Crippen LogP contribution < -0.4 is 31.1 Å². The van der Waals surface area contributed by atoms with Gasteiger partial charge in [0.25, 0.3) is 0 Å². The fraction of sp³-hybridized carbons (Fsp3) is 0.0476. The molecule has 316 valence electrons. The third kappa shape index (κ3) is 4.98. The van der Waals surface area contributed by atoms with E-state index in [0.29, 0.717) is 0 Å². The summed E-state index contributed by atoms with van der Waals surface area (Å²) in [5.41, 5.74) is 12.4. The number of benzene rings is 10. The predicted octanol–water partition coefficient (Wildman–Crippen LogP) is 11.1. The minimum Gasteiger partial charge on any atom is -0.309 e. The van der Waals surface area contributed by atoms with E-state index in [2.05, 4.69) is 265 Å². The molecule has 2 aromatic heterocycles. The van der Waals surface area contributed by atoms with E-state index in [0.717, 1.165) is 0 Å². The van der Waals surface area contributed by atoms with Crippen molar-refractivity contribution in [2.75, 3.05) is 0 Å². The number of hydrogen-bond acceptors (Lipinski definition) is 0. The summed E-state index contributed by atoms with van der Waals surface area (Å²) in [6.07, 6.45) is 0. The van der Waals surface area contributed by atoms with E-state index in [1.807, 2.05) is 0 Å². The Labute approximate surface area is 392 Å². The number of hydrogen-bond donors (Lipinski definition) is 0. The van der Waals surface area contributed by atoms with Crippen LogP contribution in [-0.4, -0.2) is 25.3 Å². The number of para-hydroxylation sites is 4. The Hall–Kier alpha value is -7.77. The highest BCUT2D eigenvalue weighted by atomic mass is 28.3. The molecule has 0 atom stereocenters. The summed E-state index contributed by atoms with van der Waals surface area (Å²) in [4.78, 5) is 0. The Morgan fingerprint density at radius 3 is 1.40 bits per heavy atom. The van der Waals surface area contributed by atoms with Crippen molar-refractivity contribution in [2.45, 2.75) is 18.5 Å². The molecule has 4 heteroatoms. The molecule has 12 aromatic rings. The lowest BCUT2D eigenvalue weighted by Gasteiger charge is -2.49. The van der Waals surface area contributed by atoms with E-state index < -0.39 is 21.6 Å². The van der Waals surface area contributed by atoms with Crippen molar-refractivity contribution >= 4 is 90.9 Å². The average molecular weight is 887 g/mol. The van der Waals surface area contributed by atoms with Crippen LogP contribution in [0.15, 0.2) is 243 Å². The molecule has 0 amide bonds. The molecule has 2 aliphatic rings. The van der Waals surface area contributed by atoms with Gasteiger partial charge in [-0.1, -0.05) is 219 Å². The first-order valence-electron chi connectivity index (χ1n) is 23.6. The van der Waals surface area contributed by atoms with Crippen LogP contribution in [-0.2, 0) is 5.41 Å². The first-order chi connectivity index (χ1) is 33.0. The zero-order valence-corrected chi connectivity index (χ0v) is 39.5. The molecule has 0 N–H and O–H groups in total. The van der Waals surface area contributed by atoms with Crippen molar-refractivity contribution in [3.05, 3.63) is 265 Å². The molecule has 10 aromatic carbocycles. The van der Waals surface area contributed by atoms with Crippen molar-refractivity contribution in [1.82, 2.24) is 9.13 Å². The van der Waals surface area contributed by atoms with Gasteiger partial charge in [0.1, 0.15) is 8.07 Å². The highest BCUT2D eigenvalue weighted by Gasteiger charge is 2.54. The van der Waals surface area contributed by atoms with Gasteiger partial charge in [-0.25, -0.2) is 0 Å². The van der Waals surface area contributed by atoms with Crippen LogP contribution in [0.5, 0.6) is 0 Å². The lowest BCUT2D eigenvalue weighted by atomic mass is 9.62. The van der Waals surface area contributed by atoms with E-state index in [1.165, 1.54) is 108 Å². The topological polar surface area (TPSA) is 9.86 Å². The molecule has 14 rings (SSSR count). The van der Waals surface area contributed by atoms with Gasteiger partial charge in [0.15, 0.2) is 8.07 Å². The molecule has 0 saturated heterocycles. The number of aromatic nitrogens is 2. The van der Waals surface area contributed by atoms with E-state index in [-0.39, 0.29) is 0 Å². The van der Waals surface area contributed by atoms with E-state index >= 15 is 0 Å². The maximum absolute atomic E-state index is 3.11. The second-order valence-electron chi connectivity index (χ2n) is 19.2. The van der Waals surface area contributed by atoms with Gasteiger partial charge < -0.3 is 9.13 Å². The monoisotopic (exact) mass is 886 g/mol. The molecule has 0 saturated carbocycles. The minimum atomic E-state index is -3.11. The Morgan fingerprint density at radius 2 is 0.791 bits per heavy atom. The quantitative estimate of drug-likeness (QED) is 0.120. The first-order valence-corrected chi connectivity index (χ1v) is 28.6. The number of rotatable bonds is 5. The van der Waals surface area contributed by atoms with E-state index in [4.69, 9.17) is 0 Å². The summed E-state index contributed by atoms with van der Waals surface area (Å²) in [5, 5.41) is 13.6. The van der Waals surface area contributed by atoms with Crippen molar-refractivity contribution in [3.63, 3.8) is 0 Å². The maximum Gasteiger partial charge on any atom is 0.179 e. The standard InChI is InChI=1S/C63H46N2Si2/c1-66(2)60-37-17-12-31-53(60)63(54-32-13-18-38-61(54)66)52-40-39-47(42-59(52)65-58-36-16-11-29-50(58)51-30-20-33-55(63)62(51)65)67(44-22-5-3-6-23-44,45-24-7-4-8-25-45)46-26-19-21-43(41-46)64-56-34-14-9-27-48(56)49-28-10-15-35-57(49)64/h3-42H,1-2H3. The highest BCUT2D eigenvalue weighted by Crippen LogP contribution is 2.55. The fourth-order valence-corrected chi connectivity index (χ4v) is 21.0. The molecule has 0 unspecified atom stereocenters. The fourth-order valence-electron chi connectivity index (χ4n) is 13.0. The molecule has 2 aliphatic heterocycles. The van der Waals surface area contributed by atoms with Crippen molar-refractivity contribution in [2.24, 2.45) is 0 Å². The Morgan fingerprint density at radius 1 is 0.343 bits per heavy atom. The molecule has 4 heterocycles. The summed E-state index contributed by atoms with van der Waals surface area (Å²) in [6.45, 7) is 5.10. The largest absolute Gasteiger partial charge is 0.309 e. The van der Waals surface area contributed by atoms with Gasteiger partial charge in [-0.2, -0.15) is 0 Å². The van der Waals surface area contributed by atoms with Crippen LogP contribution in [0, 0.1) is 0 Å². The van der Waals surface area contributed by atoms with Gasteiger partial charge in [-0.3, -0.25) is 0 Å². The Bertz CT molecular complexity index is 3830. The van der Waals surface area contributed by atoms with Crippen LogP contribution in [0.3, 0.4) is 0 Å². The predicted molar refractivity (Wildman–Crippen MR) is 287 cm³/mol. The van der Waals surface area contributed by atoms with Crippen molar-refractivity contribution in [3.8, 4) is 11.4 Å². The molecule has 1 spiro atoms. The Kier molecular flexibility index (Phi) is 8.11. The Balaban J connectivity index is 1.14. The zero-order valence-electron chi connectivity index (χ0n) is 37.5. The van der Waals surface area contributed by atoms with Gasteiger partial charge in [-0.15, -0.1) is 0 Å². The van der Waals surface area contributed by atoms with Gasteiger partial charge in [0.05, 0.1) is 33.2 Å². The van der Waals surface area contributed by atoms with Crippen LogP contribution >= 0.6 is 0 Å². The normalized spacial score (nSPS) is 14.4. The summed E-state index contributed by atoms with van der Waals surface area (Å²) in [6, 6.07) is 93.0. The molecule has 0 aliphatic carbocycles. The average Bonchev–Trinajstić information content (AvgIpc) is 3.91. The highest BCUT2D eigenvalue weighted by molar-refractivity contribution is 7.20. The van der Waals surface area contributed by atoms with Gasteiger partial charge >= 0.3 is 0 Å². The number of nitrogens with zero attached hydrogens (tertiary/aromatic N) is 2. The summed E-state index contributed by atoms with van der Waals surface area (Å²) < 4.78 is 5.11. The summed E-state index contributed by atoms with van der Waals surface area (Å²) >= 11 is 0. The lowest BCUT2D eigenvalue weighted by Crippen LogP contribution is -2.74. The minimum absolute atomic E-state index is 0.534. The van der Waals surface area contributed by atoms with E-state index in [1.54, 1.807) is 0 Å². The smallest absolute Gasteiger partial charge is 0.179 e. The van der Waals surface area contributed by atoms with Crippen LogP contribution in [0.2, 0.25) is 13.1 Å². The molecule has 67 heavy (non-hydrogen) atoms. The molecule has 2 nitrogen and oxygen atoms in total. The third-order valence-electron chi connectivity index (χ3n) is 15.7. The van der Waals surface area contributed by atoms with Gasteiger partial charge in [-0.05, 0) is 89.8 Å². The van der Waals surface area contributed by atoms with Gasteiger partial charge in [0, 0.05) is 27.2 Å². The van der Waals surface area contributed by atoms with Crippen LogP contribution in [0.25, 0.3) is 55.0 Å². The second kappa shape index (κ2) is 14.1. The summed E-state index contributed by atoms with van der Waals surface area (Å²) in [5.74, 6) is 0. The number of fused-ring (bicyclic) bond motifs is 14. The van der Waals surface area contributed by atoms with Crippen LogP contribution in [0.1, 0.15) is 22.3 Å². The van der Waals surface area contributed by atoms with E-state index in [9.17, 15) is 0 Å². The molecule has 0 radical (unpaired) electrons. The first kappa shape index (κ1) is 38.5. The molecular formula is C63H46N2Si2. The molecule has 0 bridgehead atoms. The van der Waals surface area contributed by atoms with Gasteiger partial charge in [0.2, 0.25) is 0 Å². The lowest BCUT2D eigenvalue weighted by molar-refractivity contribution is 0.732. The van der Waals surface area contributed by atoms with Crippen LogP contribution in [0.4, 0.5) is 0 Å². The molecule has 0 fully saturated rings. The van der Waals surface area contributed by atoms with Crippen molar-refractivity contribution in [1.29, 1.82) is 0 Å². The summed E-state index contributed by atoms with van der Waals surface area (Å²) in [7, 11) is -5.21. The van der Waals surface area contributed by atoms with Crippen molar-refractivity contribution < 1.29 is 0 Å². The zero-order chi connectivity index (χ0) is 44.5. The SMILES string of the molecule is C[Si]1(C)c2ccccc2C2(c3ccc([Si](c4ccccc4)(c4ccccc4)c4cccc(-n5c6ccccc6c6ccccc65)c4)cc3-n3c4ccccc4c4cccc2c43)c2ccccc21. The maximum atomic E-state index is 2.64. The molecular weight excluding hydrogens is 841 g/mol. The third-order valence-corrected chi connectivity index (χ3v) is 24.0.